The molecule has 0 aliphatic carbocycles. The molecule has 28 heavy (non-hydrogen) atoms. The molecule has 0 fully saturated rings. The summed E-state index contributed by atoms with van der Waals surface area (Å²) >= 11 is 0. The third-order valence-corrected chi connectivity index (χ3v) is 4.97. The minimum atomic E-state index is -1.50. The van der Waals surface area contributed by atoms with Crippen LogP contribution in [0.1, 0.15) is 23.0 Å². The van der Waals surface area contributed by atoms with E-state index in [1.165, 1.54) is 0 Å². The molecular weight excluding hydrogens is 368 g/mol. The van der Waals surface area contributed by atoms with Gasteiger partial charge >= 0.3 is 5.97 Å². The SMILES string of the molecule is CCOC(=O)c1[nH]c2ccc(C#C[Si](C)(C)C)cc2c1-c1cccnc1OC. The third-order valence-electron chi connectivity index (χ3n) is 4.09. The Hall–Kier alpha value is -3.04. The maximum absolute atomic E-state index is 12.6. The second-order valence-electron chi connectivity index (χ2n) is 7.42. The van der Waals surface area contributed by atoms with Crippen molar-refractivity contribution in [1.29, 1.82) is 0 Å². The van der Waals surface area contributed by atoms with E-state index in [9.17, 15) is 4.79 Å². The van der Waals surface area contributed by atoms with Crippen LogP contribution in [-0.2, 0) is 4.74 Å². The Morgan fingerprint density at radius 1 is 1.25 bits per heavy atom. The molecule has 0 bridgehead atoms. The van der Waals surface area contributed by atoms with Crippen LogP contribution in [0, 0.1) is 11.5 Å². The number of fused-ring (bicyclic) bond motifs is 1. The van der Waals surface area contributed by atoms with Gasteiger partial charge in [-0.1, -0.05) is 25.6 Å². The zero-order valence-corrected chi connectivity index (χ0v) is 17.8. The Bertz CT molecular complexity index is 1080. The van der Waals surface area contributed by atoms with Crippen molar-refractivity contribution in [2.45, 2.75) is 26.6 Å². The lowest BCUT2D eigenvalue weighted by atomic mass is 10.0. The molecule has 0 aliphatic heterocycles. The molecule has 0 atom stereocenters. The first-order valence-corrected chi connectivity index (χ1v) is 12.7. The number of carbonyl (C=O) groups excluding carboxylic acids is 1. The van der Waals surface area contributed by atoms with Gasteiger partial charge in [0.05, 0.1) is 13.7 Å². The van der Waals surface area contributed by atoms with Crippen LogP contribution in [0.4, 0.5) is 0 Å². The molecule has 3 rings (SSSR count). The van der Waals surface area contributed by atoms with Gasteiger partial charge in [-0.3, -0.25) is 0 Å². The summed E-state index contributed by atoms with van der Waals surface area (Å²) in [7, 11) is 0.0689. The Morgan fingerprint density at radius 2 is 2.04 bits per heavy atom. The monoisotopic (exact) mass is 392 g/mol. The van der Waals surface area contributed by atoms with Crippen molar-refractivity contribution < 1.29 is 14.3 Å². The van der Waals surface area contributed by atoms with Crippen LogP contribution in [0.2, 0.25) is 19.6 Å². The van der Waals surface area contributed by atoms with Crippen LogP contribution in [0.15, 0.2) is 36.5 Å². The molecule has 144 valence electrons. The van der Waals surface area contributed by atoms with Crippen molar-refractivity contribution >= 4 is 24.9 Å². The van der Waals surface area contributed by atoms with Crippen LogP contribution >= 0.6 is 0 Å². The van der Waals surface area contributed by atoms with Gasteiger partial charge in [0.1, 0.15) is 13.8 Å². The summed E-state index contributed by atoms with van der Waals surface area (Å²) in [5.74, 6) is 3.33. The van der Waals surface area contributed by atoms with Gasteiger partial charge in [0, 0.05) is 33.8 Å². The van der Waals surface area contributed by atoms with Gasteiger partial charge in [0.25, 0.3) is 0 Å². The molecule has 0 unspecified atom stereocenters. The number of hydrogen-bond donors (Lipinski definition) is 1. The highest BCUT2D eigenvalue weighted by molar-refractivity contribution is 6.83. The van der Waals surface area contributed by atoms with Gasteiger partial charge in [-0.25, -0.2) is 9.78 Å². The fourth-order valence-electron chi connectivity index (χ4n) is 2.91. The van der Waals surface area contributed by atoms with E-state index >= 15 is 0 Å². The number of esters is 1. The first-order valence-electron chi connectivity index (χ1n) is 9.19. The number of methoxy groups -OCH3 is 1. The van der Waals surface area contributed by atoms with Crippen molar-refractivity contribution in [3.8, 4) is 28.5 Å². The Kier molecular flexibility index (Phi) is 5.57. The molecule has 6 heteroatoms. The van der Waals surface area contributed by atoms with Crippen LogP contribution in [0.5, 0.6) is 5.88 Å². The van der Waals surface area contributed by atoms with Gasteiger partial charge in [0.15, 0.2) is 0 Å². The standard InChI is InChI=1S/C22H24N2O3Si/c1-6-27-22(25)20-19(16-8-7-12-23-21(16)26-2)17-14-15(9-10-18(17)24-20)11-13-28(3,4)5/h7-10,12,14,24H,6H2,1-5H3. The Morgan fingerprint density at radius 3 is 2.71 bits per heavy atom. The number of benzene rings is 1. The van der Waals surface area contributed by atoms with Crippen molar-refractivity contribution in [3.63, 3.8) is 0 Å². The fraction of sp³-hybridized carbons (Fsp3) is 0.273. The zero-order valence-electron chi connectivity index (χ0n) is 16.8. The quantitative estimate of drug-likeness (QED) is 0.399. The Balaban J connectivity index is 2.28. The number of aromatic nitrogens is 2. The van der Waals surface area contributed by atoms with E-state index in [0.717, 1.165) is 27.6 Å². The molecule has 0 spiro atoms. The summed E-state index contributed by atoms with van der Waals surface area (Å²) < 4.78 is 10.7. The van der Waals surface area contributed by atoms with Gasteiger partial charge in [-0.15, -0.1) is 5.54 Å². The predicted molar refractivity (Wildman–Crippen MR) is 114 cm³/mol. The molecule has 0 amide bonds. The van der Waals surface area contributed by atoms with Crippen molar-refractivity contribution in [3.05, 3.63) is 47.8 Å². The number of pyridine rings is 1. The van der Waals surface area contributed by atoms with E-state index in [0.29, 0.717) is 18.2 Å². The summed E-state index contributed by atoms with van der Waals surface area (Å²) in [6, 6.07) is 9.62. The maximum atomic E-state index is 12.6. The Labute approximate surface area is 166 Å². The molecule has 1 N–H and O–H groups in total. The molecular formula is C22H24N2O3Si. The molecule has 0 saturated carbocycles. The summed E-state index contributed by atoms with van der Waals surface area (Å²) in [4.78, 5) is 20.1. The minimum Gasteiger partial charge on any atom is -0.481 e. The lowest BCUT2D eigenvalue weighted by Gasteiger charge is -2.09. The average molecular weight is 393 g/mol. The van der Waals surface area contributed by atoms with Gasteiger partial charge < -0.3 is 14.5 Å². The summed E-state index contributed by atoms with van der Waals surface area (Å²) in [6.45, 7) is 8.71. The fourth-order valence-corrected chi connectivity index (χ4v) is 3.43. The predicted octanol–water partition coefficient (Wildman–Crippen LogP) is 4.64. The smallest absolute Gasteiger partial charge is 0.355 e. The molecule has 0 saturated heterocycles. The summed E-state index contributed by atoms with van der Waals surface area (Å²) in [6.07, 6.45) is 1.66. The van der Waals surface area contributed by atoms with Gasteiger partial charge in [-0.2, -0.15) is 0 Å². The molecule has 2 aromatic heterocycles. The van der Waals surface area contributed by atoms with Crippen LogP contribution < -0.4 is 4.74 Å². The highest BCUT2D eigenvalue weighted by Gasteiger charge is 2.23. The molecule has 1 aromatic carbocycles. The van der Waals surface area contributed by atoms with Gasteiger partial charge in [-0.05, 0) is 37.3 Å². The minimum absolute atomic E-state index is 0.296. The van der Waals surface area contributed by atoms with E-state index in [-0.39, 0.29) is 0 Å². The van der Waals surface area contributed by atoms with Crippen LogP contribution in [0.3, 0.4) is 0 Å². The number of rotatable bonds is 4. The maximum Gasteiger partial charge on any atom is 0.355 e. The van der Waals surface area contributed by atoms with Crippen molar-refractivity contribution in [2.75, 3.05) is 13.7 Å². The second-order valence-corrected chi connectivity index (χ2v) is 12.2. The largest absolute Gasteiger partial charge is 0.481 e. The zero-order chi connectivity index (χ0) is 20.3. The number of nitrogens with one attached hydrogen (secondary N) is 1. The molecule has 2 heterocycles. The number of aromatic amines is 1. The second kappa shape index (κ2) is 7.91. The molecule has 0 radical (unpaired) electrons. The first kappa shape index (κ1) is 19.7. The lowest BCUT2D eigenvalue weighted by molar-refractivity contribution is 0.0521. The van der Waals surface area contributed by atoms with E-state index in [1.807, 2.05) is 30.3 Å². The number of ether oxygens (including phenoxy) is 2. The molecule has 3 aromatic rings. The highest BCUT2D eigenvalue weighted by Crippen LogP contribution is 2.37. The van der Waals surface area contributed by atoms with Crippen LogP contribution in [0.25, 0.3) is 22.0 Å². The van der Waals surface area contributed by atoms with E-state index in [4.69, 9.17) is 9.47 Å². The normalized spacial score (nSPS) is 11.0. The molecule has 0 aliphatic rings. The summed E-state index contributed by atoms with van der Waals surface area (Å²) in [5, 5.41) is 0.886. The van der Waals surface area contributed by atoms with Gasteiger partial charge in [0.2, 0.25) is 5.88 Å². The summed E-state index contributed by atoms with van der Waals surface area (Å²) in [5.41, 5.74) is 6.97. The molecule has 5 nitrogen and oxygen atoms in total. The third kappa shape index (κ3) is 4.10. The van der Waals surface area contributed by atoms with E-state index in [1.54, 1.807) is 20.2 Å². The van der Waals surface area contributed by atoms with Crippen molar-refractivity contribution in [2.24, 2.45) is 0 Å². The highest BCUT2D eigenvalue weighted by atomic mass is 28.3. The average Bonchev–Trinajstić information content (AvgIpc) is 3.04. The number of H-pyrrole nitrogens is 1. The van der Waals surface area contributed by atoms with E-state index in [2.05, 4.69) is 41.1 Å². The topological polar surface area (TPSA) is 64.2 Å². The lowest BCUT2D eigenvalue weighted by Crippen LogP contribution is -2.16. The first-order chi connectivity index (χ1) is 13.3. The number of nitrogens with zero attached hydrogens (tertiary/aromatic N) is 1. The number of carbonyl (C=O) groups is 1. The van der Waals surface area contributed by atoms with E-state index < -0.39 is 14.0 Å². The van der Waals surface area contributed by atoms with Crippen molar-refractivity contribution in [1.82, 2.24) is 9.97 Å². The van der Waals surface area contributed by atoms with Crippen LogP contribution in [-0.4, -0.2) is 37.7 Å². The number of hydrogen-bond acceptors (Lipinski definition) is 4.